The number of alkyl carbamates (subject to hydrolysis) is 1. The highest BCUT2D eigenvalue weighted by Gasteiger charge is 2.41. The summed E-state index contributed by atoms with van der Waals surface area (Å²) in [4.78, 5) is 38.7. The number of benzene rings is 1. The first-order valence-corrected chi connectivity index (χ1v) is 10.8. The average Bonchev–Trinajstić information content (AvgIpc) is 2.68. The Morgan fingerprint density at radius 2 is 1.84 bits per heavy atom. The number of ether oxygens (including phenoxy) is 2. The van der Waals surface area contributed by atoms with Gasteiger partial charge < -0.3 is 19.9 Å². The van der Waals surface area contributed by atoms with Crippen LogP contribution in [0.3, 0.4) is 0 Å². The Morgan fingerprint density at radius 1 is 1.19 bits per heavy atom. The Balaban J connectivity index is 1.74. The Morgan fingerprint density at radius 3 is 2.44 bits per heavy atom. The maximum atomic E-state index is 12.1. The number of aliphatic hydroxyl groups is 1. The van der Waals surface area contributed by atoms with Crippen LogP contribution in [-0.4, -0.2) is 54.5 Å². The van der Waals surface area contributed by atoms with E-state index in [9.17, 15) is 19.5 Å². The van der Waals surface area contributed by atoms with Gasteiger partial charge in [-0.05, 0) is 68.2 Å². The molecule has 1 fully saturated rings. The summed E-state index contributed by atoms with van der Waals surface area (Å²) in [5, 5.41) is 12.6. The highest BCUT2D eigenvalue weighted by atomic mass is 16.6. The number of hydrogen-bond donors (Lipinski definition) is 2. The fourth-order valence-corrected chi connectivity index (χ4v) is 4.57. The van der Waals surface area contributed by atoms with Crippen LogP contribution in [0.2, 0.25) is 0 Å². The number of Topliss-reactive ketones (excluding diaryl/α,β-unsaturated/α-hetero) is 1. The lowest BCUT2D eigenvalue weighted by molar-refractivity contribution is 0.0488. The van der Waals surface area contributed by atoms with Gasteiger partial charge in [0.25, 0.3) is 0 Å². The van der Waals surface area contributed by atoms with Gasteiger partial charge in [-0.25, -0.2) is 14.6 Å². The molecule has 0 saturated heterocycles. The van der Waals surface area contributed by atoms with Gasteiger partial charge in [0.05, 0.1) is 6.04 Å². The van der Waals surface area contributed by atoms with E-state index in [1.54, 1.807) is 30.3 Å². The van der Waals surface area contributed by atoms with E-state index in [-0.39, 0.29) is 35.9 Å². The molecule has 0 bridgehead atoms. The highest BCUT2D eigenvalue weighted by Crippen LogP contribution is 2.46. The molecule has 2 atom stereocenters. The smallest absolute Gasteiger partial charge is 0.407 e. The van der Waals surface area contributed by atoms with Gasteiger partial charge in [-0.1, -0.05) is 20.8 Å². The van der Waals surface area contributed by atoms with Crippen LogP contribution in [0.25, 0.3) is 0 Å². The second-order valence-corrected chi connectivity index (χ2v) is 10.2. The number of carbonyl (C=O) groups is 2. The number of hydrogen-bond acceptors (Lipinski definition) is 7. The van der Waals surface area contributed by atoms with E-state index in [0.717, 1.165) is 12.8 Å². The van der Waals surface area contributed by atoms with Gasteiger partial charge in [0, 0.05) is 12.1 Å². The molecule has 176 valence electrons. The quantitative estimate of drug-likeness (QED) is 0.259. The van der Waals surface area contributed by atoms with Gasteiger partial charge in [0.1, 0.15) is 24.6 Å². The van der Waals surface area contributed by atoms with Gasteiger partial charge in [0.2, 0.25) is 6.08 Å². The Kier molecular flexibility index (Phi) is 8.21. The van der Waals surface area contributed by atoms with Crippen molar-refractivity contribution in [1.29, 1.82) is 0 Å². The summed E-state index contributed by atoms with van der Waals surface area (Å²) in [5.74, 6) is 0.156. The molecule has 2 N–H and O–H groups in total. The number of ketones is 1. The third-order valence-electron chi connectivity index (χ3n) is 5.57. The molecule has 0 heterocycles. The molecule has 1 aromatic rings. The van der Waals surface area contributed by atoms with E-state index in [0.29, 0.717) is 24.3 Å². The minimum absolute atomic E-state index is 0.0184. The molecule has 1 amide bonds. The average molecular weight is 447 g/mol. The van der Waals surface area contributed by atoms with E-state index in [2.05, 4.69) is 31.1 Å². The molecule has 2 unspecified atom stereocenters. The minimum Gasteiger partial charge on any atom is -0.490 e. The molecule has 0 aromatic heterocycles. The molecule has 32 heavy (non-hydrogen) atoms. The Bertz CT molecular complexity index is 852. The molecule has 0 aliphatic heterocycles. The van der Waals surface area contributed by atoms with Gasteiger partial charge in [-0.15, -0.1) is 0 Å². The first-order chi connectivity index (χ1) is 14.8. The van der Waals surface area contributed by atoms with Gasteiger partial charge >= 0.3 is 6.09 Å². The third kappa shape index (κ3) is 7.77. The van der Waals surface area contributed by atoms with Crippen LogP contribution in [-0.2, 0) is 9.53 Å². The summed E-state index contributed by atoms with van der Waals surface area (Å²) in [5.41, 5.74) is -1.22. The van der Waals surface area contributed by atoms with Crippen molar-refractivity contribution in [1.82, 2.24) is 5.32 Å². The molecular weight excluding hydrogens is 412 g/mol. The lowest BCUT2D eigenvalue weighted by Crippen LogP contribution is -2.45. The van der Waals surface area contributed by atoms with Crippen LogP contribution in [0, 0.1) is 10.8 Å². The summed E-state index contributed by atoms with van der Waals surface area (Å²) in [6.07, 6.45) is 3.57. The number of amides is 1. The third-order valence-corrected chi connectivity index (χ3v) is 5.57. The van der Waals surface area contributed by atoms with Crippen molar-refractivity contribution >= 4 is 18.0 Å². The summed E-state index contributed by atoms with van der Waals surface area (Å²) in [6.45, 7) is 9.89. The van der Waals surface area contributed by atoms with Gasteiger partial charge in [0.15, 0.2) is 5.78 Å². The van der Waals surface area contributed by atoms with Crippen molar-refractivity contribution in [2.75, 3.05) is 19.8 Å². The monoisotopic (exact) mass is 446 g/mol. The molecule has 8 nitrogen and oxygen atoms in total. The topological polar surface area (TPSA) is 114 Å². The fourth-order valence-electron chi connectivity index (χ4n) is 4.57. The largest absolute Gasteiger partial charge is 0.490 e. The van der Waals surface area contributed by atoms with Crippen LogP contribution in [0.5, 0.6) is 5.75 Å². The molecule has 2 rings (SSSR count). The summed E-state index contributed by atoms with van der Waals surface area (Å²) < 4.78 is 10.7. The zero-order valence-electron chi connectivity index (χ0n) is 19.6. The van der Waals surface area contributed by atoms with Crippen LogP contribution < -0.4 is 10.1 Å². The van der Waals surface area contributed by atoms with Crippen molar-refractivity contribution in [3.05, 3.63) is 29.8 Å². The normalized spacial score (nSPS) is 22.4. The van der Waals surface area contributed by atoms with E-state index in [4.69, 9.17) is 9.47 Å². The molecular formula is C24H34N2O6. The highest BCUT2D eigenvalue weighted by molar-refractivity contribution is 6.01. The summed E-state index contributed by atoms with van der Waals surface area (Å²) in [7, 11) is 0. The first-order valence-electron chi connectivity index (χ1n) is 10.8. The molecule has 1 aliphatic rings. The van der Waals surface area contributed by atoms with Crippen molar-refractivity contribution < 1.29 is 29.0 Å². The number of rotatable bonds is 9. The second kappa shape index (κ2) is 10.3. The predicted octanol–water partition coefficient (Wildman–Crippen LogP) is 3.67. The van der Waals surface area contributed by atoms with Gasteiger partial charge in [-0.3, -0.25) is 4.79 Å². The molecule has 0 radical (unpaired) electrons. The lowest BCUT2D eigenvalue weighted by atomic mass is 9.63. The van der Waals surface area contributed by atoms with E-state index >= 15 is 0 Å². The van der Waals surface area contributed by atoms with Crippen LogP contribution in [0.1, 0.15) is 64.2 Å². The number of nitrogens with zero attached hydrogens (tertiary/aromatic N) is 1. The summed E-state index contributed by atoms with van der Waals surface area (Å²) >= 11 is 0. The van der Waals surface area contributed by atoms with Crippen molar-refractivity contribution in [3.63, 3.8) is 0 Å². The molecule has 1 aliphatic carbocycles. The molecule has 1 aromatic carbocycles. The lowest BCUT2D eigenvalue weighted by Gasteiger charge is -2.45. The van der Waals surface area contributed by atoms with E-state index < -0.39 is 11.7 Å². The number of nitrogens with one attached hydrogen (secondary N) is 1. The van der Waals surface area contributed by atoms with Crippen LogP contribution in [0.15, 0.2) is 29.3 Å². The Hall–Kier alpha value is -2.70. The molecule has 1 saturated carbocycles. The van der Waals surface area contributed by atoms with Crippen LogP contribution >= 0.6 is 0 Å². The second-order valence-electron chi connectivity index (χ2n) is 10.2. The number of carbonyl (C=O) groups excluding carboxylic acids is 3. The van der Waals surface area contributed by atoms with Gasteiger partial charge in [-0.2, -0.15) is 0 Å². The minimum atomic E-state index is -1.43. The SMILES string of the molecule is CC1(C)CC(N=C=O)CC(C)(CNC(=O)OCCOc2ccc(C(=O)C(C)(C)O)cc2)C1. The van der Waals surface area contributed by atoms with Crippen LogP contribution in [0.4, 0.5) is 4.79 Å². The summed E-state index contributed by atoms with van der Waals surface area (Å²) in [6, 6.07) is 6.33. The maximum Gasteiger partial charge on any atom is 0.407 e. The van der Waals surface area contributed by atoms with Crippen molar-refractivity contribution in [3.8, 4) is 5.75 Å². The number of isocyanates is 1. The zero-order chi connectivity index (χ0) is 24.0. The van der Waals surface area contributed by atoms with Crippen molar-refractivity contribution in [2.45, 2.75) is 65.5 Å². The standard InChI is InChI=1S/C24H34N2O6/c1-22(2)12-18(26-16-27)13-24(5,14-22)15-25-21(29)32-11-10-31-19-8-6-17(7-9-19)20(28)23(3,4)30/h6-9,18,30H,10-15H2,1-5H3,(H,25,29). The zero-order valence-corrected chi connectivity index (χ0v) is 19.6. The van der Waals surface area contributed by atoms with E-state index in [1.165, 1.54) is 13.8 Å². The molecule has 8 heteroatoms. The maximum absolute atomic E-state index is 12.1. The predicted molar refractivity (Wildman–Crippen MR) is 120 cm³/mol. The fraction of sp³-hybridized carbons (Fsp3) is 0.625. The number of aliphatic imine (C=N–C) groups is 1. The Labute approximate surface area is 189 Å². The van der Waals surface area contributed by atoms with E-state index in [1.807, 2.05) is 0 Å². The van der Waals surface area contributed by atoms with Crippen molar-refractivity contribution in [2.24, 2.45) is 15.8 Å². The molecule has 0 spiro atoms. The first kappa shape index (κ1) is 25.6.